The molecule has 0 saturated carbocycles. The first kappa shape index (κ1) is 17.4. The second-order valence-electron chi connectivity index (χ2n) is 5.30. The molecular weight excluding hydrogens is 270 g/mol. The van der Waals surface area contributed by atoms with Crippen molar-refractivity contribution in [2.45, 2.75) is 33.4 Å². The molecule has 0 spiro atoms. The lowest BCUT2D eigenvalue weighted by Crippen LogP contribution is -2.24. The number of hydrogen-bond donors (Lipinski definition) is 1. The molecule has 0 atom stereocenters. The number of nitro groups is 1. The van der Waals surface area contributed by atoms with E-state index in [2.05, 4.69) is 10.2 Å². The van der Waals surface area contributed by atoms with Crippen molar-refractivity contribution in [1.82, 2.24) is 4.90 Å². The van der Waals surface area contributed by atoms with E-state index in [0.29, 0.717) is 18.8 Å². The lowest BCUT2D eigenvalue weighted by Gasteiger charge is -2.18. The van der Waals surface area contributed by atoms with Crippen LogP contribution in [0, 0.1) is 10.1 Å². The third-order valence-electron chi connectivity index (χ3n) is 3.00. The second kappa shape index (κ2) is 8.59. The van der Waals surface area contributed by atoms with E-state index >= 15 is 0 Å². The minimum Gasteiger partial charge on any atom is -0.380 e. The van der Waals surface area contributed by atoms with Crippen LogP contribution >= 0.6 is 0 Å². The maximum atomic E-state index is 11.0. The normalized spacial score (nSPS) is 11.1. The first-order valence-electron chi connectivity index (χ1n) is 7.25. The van der Waals surface area contributed by atoms with Crippen LogP contribution in [0.5, 0.6) is 0 Å². The van der Waals surface area contributed by atoms with Gasteiger partial charge in [0.25, 0.3) is 5.69 Å². The van der Waals surface area contributed by atoms with E-state index in [1.54, 1.807) is 12.1 Å². The predicted molar refractivity (Wildman–Crippen MR) is 84.7 cm³/mol. The zero-order chi connectivity index (χ0) is 15.8. The van der Waals surface area contributed by atoms with Gasteiger partial charge in [0.15, 0.2) is 0 Å². The Morgan fingerprint density at radius 2 is 2.14 bits per heavy atom. The Morgan fingerprint density at radius 1 is 1.43 bits per heavy atom. The van der Waals surface area contributed by atoms with Crippen molar-refractivity contribution in [3.05, 3.63) is 33.9 Å². The standard InChI is InChI=1S/C15H25N3O3/c1-5-16-14-10-13(6-7-15(14)18(19)20)11-17(4)8-9-21-12(2)3/h6-7,10,12,16H,5,8-9,11H2,1-4H3. The molecule has 1 rings (SSSR count). The highest BCUT2D eigenvalue weighted by Crippen LogP contribution is 2.25. The number of benzene rings is 1. The average molecular weight is 295 g/mol. The summed E-state index contributed by atoms with van der Waals surface area (Å²) in [5.41, 5.74) is 1.74. The fraction of sp³-hybridized carbons (Fsp3) is 0.600. The summed E-state index contributed by atoms with van der Waals surface area (Å²) < 4.78 is 5.52. The molecular formula is C15H25N3O3. The summed E-state index contributed by atoms with van der Waals surface area (Å²) in [6.07, 6.45) is 0.234. The molecule has 118 valence electrons. The molecule has 0 aliphatic heterocycles. The van der Waals surface area contributed by atoms with Gasteiger partial charge >= 0.3 is 0 Å². The van der Waals surface area contributed by atoms with Crippen molar-refractivity contribution in [3.8, 4) is 0 Å². The van der Waals surface area contributed by atoms with Crippen molar-refractivity contribution >= 4 is 11.4 Å². The summed E-state index contributed by atoms with van der Waals surface area (Å²) in [5, 5.41) is 14.0. The topological polar surface area (TPSA) is 67.6 Å². The number of likely N-dealkylation sites (N-methyl/N-ethyl adjacent to an activating group) is 1. The van der Waals surface area contributed by atoms with Gasteiger partial charge in [-0.15, -0.1) is 0 Å². The van der Waals surface area contributed by atoms with Gasteiger partial charge < -0.3 is 10.1 Å². The van der Waals surface area contributed by atoms with E-state index in [4.69, 9.17) is 4.74 Å². The molecule has 1 aromatic rings. The number of hydrogen-bond acceptors (Lipinski definition) is 5. The number of nitro benzene ring substituents is 1. The molecule has 0 aliphatic rings. The summed E-state index contributed by atoms with van der Waals surface area (Å²) in [6.45, 7) is 8.84. The minimum atomic E-state index is -0.359. The van der Waals surface area contributed by atoms with E-state index in [1.807, 2.05) is 33.9 Å². The first-order chi connectivity index (χ1) is 9.93. The van der Waals surface area contributed by atoms with E-state index in [-0.39, 0.29) is 16.7 Å². The first-order valence-corrected chi connectivity index (χ1v) is 7.25. The molecule has 1 N–H and O–H groups in total. The van der Waals surface area contributed by atoms with Gasteiger partial charge in [0.05, 0.1) is 17.6 Å². The number of nitrogens with zero attached hydrogens (tertiary/aromatic N) is 2. The van der Waals surface area contributed by atoms with Crippen LogP contribution in [0.4, 0.5) is 11.4 Å². The largest absolute Gasteiger partial charge is 0.380 e. The molecule has 6 heteroatoms. The molecule has 1 aromatic carbocycles. The van der Waals surface area contributed by atoms with Crippen molar-refractivity contribution < 1.29 is 9.66 Å². The maximum Gasteiger partial charge on any atom is 0.292 e. The zero-order valence-electron chi connectivity index (χ0n) is 13.3. The zero-order valence-corrected chi connectivity index (χ0v) is 13.3. The lowest BCUT2D eigenvalue weighted by atomic mass is 10.1. The van der Waals surface area contributed by atoms with Gasteiger partial charge in [-0.3, -0.25) is 15.0 Å². The highest BCUT2D eigenvalue weighted by atomic mass is 16.6. The van der Waals surface area contributed by atoms with Crippen LogP contribution in [0.15, 0.2) is 18.2 Å². The van der Waals surface area contributed by atoms with E-state index in [9.17, 15) is 10.1 Å². The fourth-order valence-corrected chi connectivity index (χ4v) is 2.01. The van der Waals surface area contributed by atoms with E-state index in [0.717, 1.165) is 18.7 Å². The molecule has 0 radical (unpaired) electrons. The van der Waals surface area contributed by atoms with Crippen LogP contribution in [-0.4, -0.2) is 42.7 Å². The molecule has 0 unspecified atom stereocenters. The van der Waals surface area contributed by atoms with Crippen molar-refractivity contribution in [3.63, 3.8) is 0 Å². The molecule has 0 aromatic heterocycles. The highest BCUT2D eigenvalue weighted by molar-refractivity contribution is 5.62. The molecule has 0 saturated heterocycles. The minimum absolute atomic E-state index is 0.117. The van der Waals surface area contributed by atoms with Gasteiger partial charge in [0.1, 0.15) is 5.69 Å². The maximum absolute atomic E-state index is 11.0. The predicted octanol–water partition coefficient (Wildman–Crippen LogP) is 2.88. The molecule has 0 fully saturated rings. The van der Waals surface area contributed by atoms with Gasteiger partial charge in [0.2, 0.25) is 0 Å². The Hall–Kier alpha value is -1.66. The number of nitrogens with one attached hydrogen (secondary N) is 1. The van der Waals surface area contributed by atoms with Crippen LogP contribution in [0.1, 0.15) is 26.3 Å². The van der Waals surface area contributed by atoms with E-state index < -0.39 is 0 Å². The van der Waals surface area contributed by atoms with Crippen LogP contribution in [0.2, 0.25) is 0 Å². The van der Waals surface area contributed by atoms with Gasteiger partial charge in [-0.25, -0.2) is 0 Å². The molecule has 0 bridgehead atoms. The summed E-state index contributed by atoms with van der Waals surface area (Å²) in [6, 6.07) is 5.21. The number of rotatable bonds is 9. The number of ether oxygens (including phenoxy) is 1. The summed E-state index contributed by atoms with van der Waals surface area (Å²) in [7, 11) is 2.01. The van der Waals surface area contributed by atoms with Crippen LogP contribution < -0.4 is 5.32 Å². The smallest absolute Gasteiger partial charge is 0.292 e. The van der Waals surface area contributed by atoms with Crippen molar-refractivity contribution in [2.75, 3.05) is 32.1 Å². The monoisotopic (exact) mass is 295 g/mol. The molecule has 0 aliphatic carbocycles. The Kier molecular flexibility index (Phi) is 7.11. The summed E-state index contributed by atoms with van der Waals surface area (Å²) in [4.78, 5) is 12.8. The Bertz CT molecular complexity index is 463. The molecule has 21 heavy (non-hydrogen) atoms. The van der Waals surface area contributed by atoms with Crippen molar-refractivity contribution in [1.29, 1.82) is 0 Å². The second-order valence-corrected chi connectivity index (χ2v) is 5.30. The Labute approximate surface area is 126 Å². The summed E-state index contributed by atoms with van der Waals surface area (Å²) in [5.74, 6) is 0. The van der Waals surface area contributed by atoms with Crippen LogP contribution in [0.25, 0.3) is 0 Å². The van der Waals surface area contributed by atoms with Gasteiger partial charge in [-0.05, 0) is 39.4 Å². The third-order valence-corrected chi connectivity index (χ3v) is 3.00. The third kappa shape index (κ3) is 6.10. The molecule has 0 amide bonds. The van der Waals surface area contributed by atoms with Gasteiger partial charge in [-0.2, -0.15) is 0 Å². The van der Waals surface area contributed by atoms with E-state index in [1.165, 1.54) is 0 Å². The highest BCUT2D eigenvalue weighted by Gasteiger charge is 2.14. The average Bonchev–Trinajstić information content (AvgIpc) is 2.38. The summed E-state index contributed by atoms with van der Waals surface area (Å²) >= 11 is 0. The van der Waals surface area contributed by atoms with Crippen LogP contribution in [0.3, 0.4) is 0 Å². The number of anilines is 1. The fourth-order valence-electron chi connectivity index (χ4n) is 2.01. The molecule has 6 nitrogen and oxygen atoms in total. The van der Waals surface area contributed by atoms with Crippen LogP contribution in [-0.2, 0) is 11.3 Å². The molecule has 0 heterocycles. The lowest BCUT2D eigenvalue weighted by molar-refractivity contribution is -0.384. The Balaban J connectivity index is 2.66. The quantitative estimate of drug-likeness (QED) is 0.560. The SMILES string of the molecule is CCNc1cc(CN(C)CCOC(C)C)ccc1[N+](=O)[O-]. The van der Waals surface area contributed by atoms with Gasteiger partial charge in [0, 0.05) is 25.7 Å². The van der Waals surface area contributed by atoms with Crippen molar-refractivity contribution in [2.24, 2.45) is 0 Å². The van der Waals surface area contributed by atoms with Gasteiger partial charge in [-0.1, -0.05) is 6.07 Å². The Morgan fingerprint density at radius 3 is 2.71 bits per heavy atom.